The number of ether oxygens (including phenoxy) is 1. The van der Waals surface area contributed by atoms with Crippen LogP contribution in [0.4, 0.5) is 4.79 Å². The summed E-state index contributed by atoms with van der Waals surface area (Å²) in [5.41, 5.74) is 0.830. The van der Waals surface area contributed by atoms with Crippen molar-refractivity contribution < 1.29 is 19.7 Å². The van der Waals surface area contributed by atoms with Crippen LogP contribution in [0.25, 0.3) is 0 Å². The first-order chi connectivity index (χ1) is 11.6. The van der Waals surface area contributed by atoms with Gasteiger partial charge in [-0.3, -0.25) is 4.79 Å². The number of carbonyl (C=O) groups excluding carboxylic acids is 1. The normalized spacial score (nSPS) is 13.1. The van der Waals surface area contributed by atoms with Crippen LogP contribution in [0.2, 0.25) is 0 Å². The first kappa shape index (κ1) is 17.7. The second kappa shape index (κ2) is 8.85. The fourth-order valence-electron chi connectivity index (χ4n) is 2.12. The molecule has 0 aliphatic rings. The SMILES string of the molecule is O=C(NCCC(O)C(O)c1cc[nH]c(=O)c1)OCc1ccccc1. The first-order valence-electron chi connectivity index (χ1n) is 7.55. The predicted octanol–water partition coefficient (Wildman–Crippen LogP) is 1.09. The molecule has 0 bridgehead atoms. The predicted molar refractivity (Wildman–Crippen MR) is 87.3 cm³/mol. The Balaban J connectivity index is 1.71. The van der Waals surface area contributed by atoms with E-state index in [1.165, 1.54) is 18.3 Å². The van der Waals surface area contributed by atoms with Gasteiger partial charge in [0.2, 0.25) is 5.56 Å². The molecule has 7 nitrogen and oxygen atoms in total. The van der Waals surface area contributed by atoms with E-state index in [0.717, 1.165) is 5.56 Å². The molecule has 2 unspecified atom stereocenters. The summed E-state index contributed by atoms with van der Waals surface area (Å²) in [6.45, 7) is 0.291. The highest BCUT2D eigenvalue weighted by atomic mass is 16.5. The third kappa shape index (κ3) is 5.53. The molecule has 0 spiro atoms. The van der Waals surface area contributed by atoms with E-state index in [4.69, 9.17) is 4.74 Å². The molecule has 0 aliphatic carbocycles. The van der Waals surface area contributed by atoms with E-state index in [2.05, 4.69) is 10.3 Å². The minimum absolute atomic E-state index is 0.119. The van der Waals surface area contributed by atoms with E-state index in [9.17, 15) is 19.8 Å². The Kier molecular flexibility index (Phi) is 6.53. The molecular weight excluding hydrogens is 312 g/mol. The van der Waals surface area contributed by atoms with E-state index in [0.29, 0.717) is 5.56 Å². The number of carbonyl (C=O) groups is 1. The fraction of sp³-hybridized carbons (Fsp3) is 0.294. The average Bonchev–Trinajstić information content (AvgIpc) is 2.60. The number of nitrogens with one attached hydrogen (secondary N) is 2. The Hall–Kier alpha value is -2.64. The van der Waals surface area contributed by atoms with Gasteiger partial charge in [-0.05, 0) is 23.6 Å². The monoisotopic (exact) mass is 332 g/mol. The third-order valence-electron chi connectivity index (χ3n) is 3.43. The molecule has 24 heavy (non-hydrogen) atoms. The van der Waals surface area contributed by atoms with Gasteiger partial charge in [0.05, 0.1) is 6.10 Å². The smallest absolute Gasteiger partial charge is 0.407 e. The molecule has 2 aromatic rings. The Morgan fingerprint density at radius 3 is 2.67 bits per heavy atom. The third-order valence-corrected chi connectivity index (χ3v) is 3.43. The molecule has 0 aliphatic heterocycles. The summed E-state index contributed by atoms with van der Waals surface area (Å²) in [6.07, 6.45) is -1.39. The van der Waals surface area contributed by atoms with Crippen LogP contribution in [0.15, 0.2) is 53.5 Å². The van der Waals surface area contributed by atoms with Crippen molar-refractivity contribution >= 4 is 6.09 Å². The summed E-state index contributed by atoms with van der Waals surface area (Å²) in [7, 11) is 0. The van der Waals surface area contributed by atoms with Crippen molar-refractivity contribution in [3.05, 3.63) is 70.1 Å². The lowest BCUT2D eigenvalue weighted by Crippen LogP contribution is -2.30. The molecule has 7 heteroatoms. The highest BCUT2D eigenvalue weighted by Crippen LogP contribution is 2.16. The van der Waals surface area contributed by atoms with Crippen molar-refractivity contribution in [1.82, 2.24) is 10.3 Å². The maximum absolute atomic E-state index is 11.6. The quantitative estimate of drug-likeness (QED) is 0.606. The summed E-state index contributed by atoms with van der Waals surface area (Å²) in [5, 5.41) is 22.4. The van der Waals surface area contributed by atoms with Crippen LogP contribution >= 0.6 is 0 Å². The lowest BCUT2D eigenvalue weighted by molar-refractivity contribution is 0.0135. The van der Waals surface area contributed by atoms with E-state index in [-0.39, 0.29) is 25.1 Å². The number of H-pyrrole nitrogens is 1. The van der Waals surface area contributed by atoms with Crippen LogP contribution in [-0.4, -0.2) is 33.9 Å². The molecule has 1 amide bonds. The number of aromatic nitrogens is 1. The molecule has 2 atom stereocenters. The zero-order valence-corrected chi connectivity index (χ0v) is 13.0. The maximum atomic E-state index is 11.6. The topological polar surface area (TPSA) is 112 Å². The lowest BCUT2D eigenvalue weighted by atomic mass is 10.0. The van der Waals surface area contributed by atoms with Gasteiger partial charge in [-0.1, -0.05) is 30.3 Å². The molecule has 1 aromatic heterocycles. The van der Waals surface area contributed by atoms with Crippen molar-refractivity contribution in [2.24, 2.45) is 0 Å². The van der Waals surface area contributed by atoms with Crippen LogP contribution in [0.1, 0.15) is 23.7 Å². The second-order valence-corrected chi connectivity index (χ2v) is 5.28. The largest absolute Gasteiger partial charge is 0.445 e. The zero-order valence-electron chi connectivity index (χ0n) is 13.0. The van der Waals surface area contributed by atoms with E-state index >= 15 is 0 Å². The summed E-state index contributed by atoms with van der Waals surface area (Å²) < 4.78 is 5.03. The van der Waals surface area contributed by atoms with Gasteiger partial charge in [0, 0.05) is 18.8 Å². The van der Waals surface area contributed by atoms with E-state index in [1.54, 1.807) is 0 Å². The van der Waals surface area contributed by atoms with Gasteiger partial charge in [-0.25, -0.2) is 4.79 Å². The van der Waals surface area contributed by atoms with Crippen LogP contribution < -0.4 is 10.9 Å². The van der Waals surface area contributed by atoms with Gasteiger partial charge in [0.25, 0.3) is 0 Å². The molecule has 128 valence electrons. The Labute approximate surface area is 138 Å². The number of hydrogen-bond acceptors (Lipinski definition) is 5. The summed E-state index contributed by atoms with van der Waals surface area (Å²) in [4.78, 5) is 25.2. The van der Waals surface area contributed by atoms with Crippen molar-refractivity contribution in [3.8, 4) is 0 Å². The summed E-state index contributed by atoms with van der Waals surface area (Å²) in [6, 6.07) is 12.0. The number of rotatable bonds is 7. The van der Waals surface area contributed by atoms with Crippen LogP contribution in [0.5, 0.6) is 0 Å². The molecule has 1 aromatic carbocycles. The average molecular weight is 332 g/mol. The van der Waals surface area contributed by atoms with E-state index < -0.39 is 18.3 Å². The molecule has 0 radical (unpaired) electrons. The molecule has 1 heterocycles. The number of amides is 1. The standard InChI is InChI=1S/C17H20N2O5/c20-14(16(22)13-6-8-18-15(21)10-13)7-9-19-17(23)24-11-12-4-2-1-3-5-12/h1-6,8,10,14,16,20,22H,7,9,11H2,(H,18,21)(H,19,23). The number of hydrogen-bond donors (Lipinski definition) is 4. The molecule has 0 saturated carbocycles. The van der Waals surface area contributed by atoms with Crippen LogP contribution in [0, 0.1) is 0 Å². The molecule has 4 N–H and O–H groups in total. The van der Waals surface area contributed by atoms with Gasteiger partial charge in [0.15, 0.2) is 0 Å². The maximum Gasteiger partial charge on any atom is 0.407 e. The summed E-state index contributed by atoms with van der Waals surface area (Å²) >= 11 is 0. The Morgan fingerprint density at radius 1 is 1.21 bits per heavy atom. The summed E-state index contributed by atoms with van der Waals surface area (Å²) in [5.74, 6) is 0. The van der Waals surface area contributed by atoms with Crippen LogP contribution in [0.3, 0.4) is 0 Å². The molecule has 0 fully saturated rings. The van der Waals surface area contributed by atoms with Gasteiger partial charge < -0.3 is 25.3 Å². The molecular formula is C17H20N2O5. The zero-order chi connectivity index (χ0) is 17.4. The highest BCUT2D eigenvalue weighted by molar-refractivity contribution is 5.67. The van der Waals surface area contributed by atoms with Crippen LogP contribution in [-0.2, 0) is 11.3 Å². The van der Waals surface area contributed by atoms with Crippen molar-refractivity contribution in [3.63, 3.8) is 0 Å². The Bertz CT molecular complexity index is 701. The van der Waals surface area contributed by atoms with Crippen molar-refractivity contribution in [2.45, 2.75) is 25.2 Å². The van der Waals surface area contributed by atoms with Gasteiger partial charge in [-0.2, -0.15) is 0 Å². The second-order valence-electron chi connectivity index (χ2n) is 5.28. The minimum Gasteiger partial charge on any atom is -0.445 e. The van der Waals surface area contributed by atoms with E-state index in [1.807, 2.05) is 30.3 Å². The number of aliphatic hydroxyl groups is 2. The van der Waals surface area contributed by atoms with Gasteiger partial charge >= 0.3 is 6.09 Å². The number of aromatic amines is 1. The first-order valence-corrected chi connectivity index (χ1v) is 7.55. The van der Waals surface area contributed by atoms with Crippen molar-refractivity contribution in [2.75, 3.05) is 6.54 Å². The molecule has 0 saturated heterocycles. The number of benzene rings is 1. The number of alkyl carbamates (subject to hydrolysis) is 1. The lowest BCUT2D eigenvalue weighted by Gasteiger charge is -2.18. The van der Waals surface area contributed by atoms with Crippen molar-refractivity contribution in [1.29, 1.82) is 0 Å². The minimum atomic E-state index is -1.20. The Morgan fingerprint density at radius 2 is 1.96 bits per heavy atom. The molecule has 2 rings (SSSR count). The highest BCUT2D eigenvalue weighted by Gasteiger charge is 2.18. The van der Waals surface area contributed by atoms with Gasteiger partial charge in [-0.15, -0.1) is 0 Å². The van der Waals surface area contributed by atoms with Gasteiger partial charge in [0.1, 0.15) is 12.7 Å². The number of aliphatic hydroxyl groups excluding tert-OH is 2. The number of pyridine rings is 1. The fourth-order valence-corrected chi connectivity index (χ4v) is 2.12.